The first kappa shape index (κ1) is 24.8. The van der Waals surface area contributed by atoms with Crippen LogP contribution in [0.1, 0.15) is 12.6 Å². The van der Waals surface area contributed by atoms with Crippen molar-refractivity contribution in [3.05, 3.63) is 33.1 Å². The minimum absolute atomic E-state index is 0.206. The third kappa shape index (κ3) is 12.2. The summed E-state index contributed by atoms with van der Waals surface area (Å²) in [5, 5.41) is 18.4. The molecule has 17 heteroatoms. The summed E-state index contributed by atoms with van der Waals surface area (Å²) >= 11 is 0. The largest absolute Gasteiger partial charge is 0.466 e. The molecule has 15 nitrogen and oxygen atoms in total. The molecule has 3 atom stereocenters. The molecule has 0 bridgehead atoms. The Balaban J connectivity index is 0.000000520. The number of phosphoric acid groups is 2. The molecule has 1 aromatic heterocycles. The normalized spacial score (nSPS) is 22.7. The molecule has 0 amide bonds. The van der Waals surface area contributed by atoms with E-state index in [1.165, 1.54) is 16.8 Å². The number of nitrogens with zero attached hydrogens (tertiary/aromatic N) is 1. The molecule has 1 saturated heterocycles. The van der Waals surface area contributed by atoms with Gasteiger partial charge in [-0.15, -0.1) is 0 Å². The number of aliphatic hydroxyl groups is 2. The van der Waals surface area contributed by atoms with Crippen molar-refractivity contribution in [2.24, 2.45) is 0 Å². The van der Waals surface area contributed by atoms with Crippen molar-refractivity contribution in [1.82, 2.24) is 9.55 Å². The van der Waals surface area contributed by atoms with Crippen molar-refractivity contribution in [3.63, 3.8) is 0 Å². The van der Waals surface area contributed by atoms with E-state index in [4.69, 9.17) is 48.3 Å². The van der Waals surface area contributed by atoms with Crippen LogP contribution in [-0.2, 0) is 13.9 Å². The molecule has 0 aliphatic carbocycles. The summed E-state index contributed by atoms with van der Waals surface area (Å²) in [5.74, 6) is 0. The van der Waals surface area contributed by atoms with Crippen LogP contribution in [0.2, 0.25) is 0 Å². The van der Waals surface area contributed by atoms with Gasteiger partial charge < -0.3 is 44.3 Å². The summed E-state index contributed by atoms with van der Waals surface area (Å²) in [4.78, 5) is 67.5. The SMILES string of the molecule is O=P(O)(O)O.O=P(O)(O)O.O=c1ccn(C2C[C@H](O)[C@@H](CO)O2)c(=O)[nH]1. The fourth-order valence-corrected chi connectivity index (χ4v) is 1.70. The van der Waals surface area contributed by atoms with Crippen LogP contribution < -0.4 is 11.2 Å². The second-order valence-electron chi connectivity index (χ2n) is 4.66. The van der Waals surface area contributed by atoms with E-state index in [1.807, 2.05) is 0 Å². The Morgan fingerprint density at radius 1 is 1.12 bits per heavy atom. The highest BCUT2D eigenvalue weighted by Crippen LogP contribution is 2.27. The second kappa shape index (κ2) is 10.2. The Bertz CT molecular complexity index is 727. The first-order valence-corrected chi connectivity index (χ1v) is 9.57. The molecule has 26 heavy (non-hydrogen) atoms. The van der Waals surface area contributed by atoms with Gasteiger partial charge in [-0.3, -0.25) is 14.3 Å². The third-order valence-electron chi connectivity index (χ3n) is 2.55. The van der Waals surface area contributed by atoms with Gasteiger partial charge in [0.25, 0.3) is 5.56 Å². The molecule has 0 radical (unpaired) electrons. The average Bonchev–Trinajstić information content (AvgIpc) is 2.75. The molecule has 2 rings (SSSR count). The van der Waals surface area contributed by atoms with Crippen molar-refractivity contribution in [1.29, 1.82) is 0 Å². The molecule has 0 aromatic carbocycles. The highest BCUT2D eigenvalue weighted by atomic mass is 31.2. The highest BCUT2D eigenvalue weighted by Gasteiger charge is 2.34. The number of aromatic amines is 1. The molecular formula is C9H18N2O13P2. The molecule has 152 valence electrons. The smallest absolute Gasteiger partial charge is 0.394 e. The number of aliphatic hydroxyl groups excluding tert-OH is 2. The molecule has 1 fully saturated rings. The number of H-pyrrole nitrogens is 1. The minimum Gasteiger partial charge on any atom is -0.394 e. The van der Waals surface area contributed by atoms with E-state index in [-0.39, 0.29) is 13.0 Å². The summed E-state index contributed by atoms with van der Waals surface area (Å²) in [7, 11) is -9.28. The lowest BCUT2D eigenvalue weighted by Crippen LogP contribution is -2.31. The summed E-state index contributed by atoms with van der Waals surface area (Å²) in [6, 6.07) is 1.20. The van der Waals surface area contributed by atoms with Gasteiger partial charge in [-0.2, -0.15) is 0 Å². The van der Waals surface area contributed by atoms with Gasteiger partial charge in [0.1, 0.15) is 12.3 Å². The van der Waals surface area contributed by atoms with E-state index in [1.54, 1.807) is 0 Å². The fraction of sp³-hybridized carbons (Fsp3) is 0.556. The van der Waals surface area contributed by atoms with E-state index in [0.29, 0.717) is 0 Å². The summed E-state index contributed by atoms with van der Waals surface area (Å²) in [6.07, 6.45) is -0.649. The number of rotatable bonds is 2. The van der Waals surface area contributed by atoms with Gasteiger partial charge >= 0.3 is 21.3 Å². The number of hydrogen-bond acceptors (Lipinski definition) is 7. The van der Waals surface area contributed by atoms with Gasteiger partial charge in [-0.25, -0.2) is 13.9 Å². The molecule has 1 aliphatic rings. The van der Waals surface area contributed by atoms with E-state index in [9.17, 15) is 14.7 Å². The number of aromatic nitrogens is 2. The lowest BCUT2D eigenvalue weighted by molar-refractivity contribution is -0.0459. The number of ether oxygens (including phenoxy) is 1. The molecule has 0 spiro atoms. The Hall–Kier alpha value is -1.22. The van der Waals surface area contributed by atoms with Crippen LogP contribution in [0.25, 0.3) is 0 Å². The van der Waals surface area contributed by atoms with Crippen molar-refractivity contribution < 1.29 is 53.4 Å². The zero-order valence-corrected chi connectivity index (χ0v) is 14.6. The van der Waals surface area contributed by atoms with Crippen LogP contribution in [0, 0.1) is 0 Å². The predicted molar refractivity (Wildman–Crippen MR) is 81.5 cm³/mol. The molecule has 0 saturated carbocycles. The number of hydrogen-bond donors (Lipinski definition) is 9. The standard InChI is InChI=1S/C9H12N2O5.2H3O4P/c12-4-6-5(13)3-8(16-6)11-2-1-7(14)10-9(11)15;2*1-5(2,3)4/h1-2,5-6,8,12-13H,3-4H2,(H,10,14,15);2*(H3,1,2,3,4)/t5-,6+,8?;;/m0../s1. The predicted octanol–water partition coefficient (Wildman–Crippen LogP) is -3.68. The maximum absolute atomic E-state index is 11.4. The van der Waals surface area contributed by atoms with E-state index < -0.39 is 45.3 Å². The van der Waals surface area contributed by atoms with Crippen LogP contribution >= 0.6 is 15.6 Å². The molecule has 1 aromatic rings. The third-order valence-corrected chi connectivity index (χ3v) is 2.55. The maximum atomic E-state index is 11.4. The summed E-state index contributed by atoms with van der Waals surface area (Å²) < 4.78 is 24.2. The lowest BCUT2D eigenvalue weighted by Gasteiger charge is -2.13. The topological polar surface area (TPSA) is 260 Å². The molecule has 1 aliphatic heterocycles. The van der Waals surface area contributed by atoms with Crippen LogP contribution in [0.15, 0.2) is 21.9 Å². The van der Waals surface area contributed by atoms with E-state index >= 15 is 0 Å². The Kier molecular flexibility index (Phi) is 9.72. The summed E-state index contributed by atoms with van der Waals surface area (Å²) in [5.41, 5.74) is -1.08. The first-order valence-electron chi connectivity index (χ1n) is 6.44. The van der Waals surface area contributed by atoms with Crippen molar-refractivity contribution in [2.75, 3.05) is 6.61 Å². The number of nitrogens with one attached hydrogen (secondary N) is 1. The Morgan fingerprint density at radius 2 is 1.58 bits per heavy atom. The Labute approximate surface area is 144 Å². The van der Waals surface area contributed by atoms with Crippen LogP contribution in [0.5, 0.6) is 0 Å². The maximum Gasteiger partial charge on any atom is 0.466 e. The molecular weight excluding hydrogens is 406 g/mol. The zero-order valence-electron chi connectivity index (χ0n) is 12.8. The average molecular weight is 424 g/mol. The summed E-state index contributed by atoms with van der Waals surface area (Å²) in [6.45, 7) is -0.310. The van der Waals surface area contributed by atoms with Crippen molar-refractivity contribution in [2.45, 2.75) is 24.9 Å². The molecule has 9 N–H and O–H groups in total. The van der Waals surface area contributed by atoms with Crippen molar-refractivity contribution in [3.8, 4) is 0 Å². The van der Waals surface area contributed by atoms with Crippen LogP contribution in [0.3, 0.4) is 0 Å². The van der Waals surface area contributed by atoms with E-state index in [0.717, 1.165) is 0 Å². The minimum atomic E-state index is -4.64. The first-order chi connectivity index (χ1) is 11.6. The Morgan fingerprint density at radius 3 is 1.92 bits per heavy atom. The van der Waals surface area contributed by atoms with Gasteiger partial charge in [-0.1, -0.05) is 0 Å². The quantitative estimate of drug-likeness (QED) is 0.207. The zero-order chi connectivity index (χ0) is 20.7. The fourth-order valence-electron chi connectivity index (χ4n) is 1.70. The van der Waals surface area contributed by atoms with E-state index in [2.05, 4.69) is 4.98 Å². The highest BCUT2D eigenvalue weighted by molar-refractivity contribution is 7.45. The van der Waals surface area contributed by atoms with Crippen molar-refractivity contribution >= 4 is 15.6 Å². The van der Waals surface area contributed by atoms with Gasteiger partial charge in [0, 0.05) is 18.7 Å². The monoisotopic (exact) mass is 424 g/mol. The van der Waals surface area contributed by atoms with Gasteiger partial charge in [0.15, 0.2) is 0 Å². The second-order valence-corrected chi connectivity index (χ2v) is 6.71. The lowest BCUT2D eigenvalue weighted by atomic mass is 10.2. The van der Waals surface area contributed by atoms with Crippen LogP contribution in [-0.4, -0.2) is 67.9 Å². The van der Waals surface area contributed by atoms with Gasteiger partial charge in [0.05, 0.1) is 12.7 Å². The molecule has 2 heterocycles. The van der Waals surface area contributed by atoms with Gasteiger partial charge in [0.2, 0.25) is 0 Å². The van der Waals surface area contributed by atoms with Crippen LogP contribution in [0.4, 0.5) is 0 Å². The molecule has 1 unspecified atom stereocenters. The van der Waals surface area contributed by atoms with Gasteiger partial charge in [-0.05, 0) is 0 Å².